The Morgan fingerprint density at radius 3 is 2.76 bits per heavy atom. The molecule has 1 fully saturated rings. The highest BCUT2D eigenvalue weighted by molar-refractivity contribution is 7.16. The van der Waals surface area contributed by atoms with Crippen LogP contribution >= 0.6 is 11.3 Å². The van der Waals surface area contributed by atoms with Crippen LogP contribution in [0.4, 0.5) is 4.39 Å². The largest absolute Gasteiger partial charge is 0.308 e. The quantitative estimate of drug-likeness (QED) is 0.707. The summed E-state index contributed by atoms with van der Waals surface area (Å²) in [7, 11) is 0. The van der Waals surface area contributed by atoms with Crippen molar-refractivity contribution in [1.29, 1.82) is 0 Å². The van der Waals surface area contributed by atoms with Crippen molar-refractivity contribution < 1.29 is 4.39 Å². The first-order chi connectivity index (χ1) is 10.2. The van der Waals surface area contributed by atoms with Crippen molar-refractivity contribution in [1.82, 2.24) is 4.57 Å². The number of hydrogen-bond acceptors (Lipinski definition) is 2. The van der Waals surface area contributed by atoms with Crippen LogP contribution in [0.25, 0.3) is 21.3 Å². The summed E-state index contributed by atoms with van der Waals surface area (Å²) in [4.78, 5) is 12.2. The normalized spacial score (nSPS) is 14.7. The Kier molecular flexibility index (Phi) is 2.93. The summed E-state index contributed by atoms with van der Waals surface area (Å²) in [5.41, 5.74) is 2.37. The highest BCUT2D eigenvalue weighted by Crippen LogP contribution is 2.33. The summed E-state index contributed by atoms with van der Waals surface area (Å²) in [5, 5.41) is 0. The molecule has 1 aliphatic rings. The third-order valence-electron chi connectivity index (χ3n) is 3.99. The Morgan fingerprint density at radius 1 is 1.19 bits per heavy atom. The highest BCUT2D eigenvalue weighted by Gasteiger charge is 2.23. The van der Waals surface area contributed by atoms with Gasteiger partial charge >= 0.3 is 4.87 Å². The molecule has 0 unspecified atom stereocenters. The smallest absolute Gasteiger partial charge is 0.298 e. The molecule has 2 aromatic carbocycles. The topological polar surface area (TPSA) is 22.0 Å². The maximum Gasteiger partial charge on any atom is 0.308 e. The number of benzene rings is 2. The van der Waals surface area contributed by atoms with Crippen molar-refractivity contribution in [2.75, 3.05) is 0 Å². The van der Waals surface area contributed by atoms with Crippen molar-refractivity contribution >= 4 is 21.6 Å². The molecular formula is C17H14FNOS. The monoisotopic (exact) mass is 299 g/mol. The standard InChI is InChI=1S/C17H14FNOS/c18-14-4-2-1-3-13(14)12-7-8-15-16(9-12)21-17(20)19(15)10-11-5-6-11/h1-4,7-9,11H,5-6,10H2. The van der Waals surface area contributed by atoms with Crippen LogP contribution in [0.2, 0.25) is 0 Å². The molecule has 3 aromatic rings. The molecule has 1 heterocycles. The van der Waals surface area contributed by atoms with E-state index in [1.165, 1.54) is 30.2 Å². The predicted molar refractivity (Wildman–Crippen MR) is 84.2 cm³/mol. The van der Waals surface area contributed by atoms with E-state index in [-0.39, 0.29) is 10.7 Å². The summed E-state index contributed by atoms with van der Waals surface area (Å²) in [6.45, 7) is 0.817. The van der Waals surface area contributed by atoms with E-state index < -0.39 is 0 Å². The second-order valence-electron chi connectivity index (χ2n) is 5.58. The Labute approximate surface area is 125 Å². The van der Waals surface area contributed by atoms with Crippen LogP contribution < -0.4 is 4.87 Å². The second kappa shape index (κ2) is 4.81. The van der Waals surface area contributed by atoms with E-state index in [1.54, 1.807) is 12.1 Å². The van der Waals surface area contributed by atoms with Crippen LogP contribution in [-0.2, 0) is 6.54 Å². The maximum absolute atomic E-state index is 13.9. The van der Waals surface area contributed by atoms with Gasteiger partial charge in [-0.2, -0.15) is 0 Å². The molecule has 0 saturated heterocycles. The summed E-state index contributed by atoms with van der Waals surface area (Å²) >= 11 is 1.25. The van der Waals surface area contributed by atoms with E-state index in [1.807, 2.05) is 28.8 Å². The summed E-state index contributed by atoms with van der Waals surface area (Å²) in [5.74, 6) is 0.424. The van der Waals surface area contributed by atoms with Crippen molar-refractivity contribution in [3.05, 3.63) is 57.9 Å². The number of fused-ring (bicyclic) bond motifs is 1. The molecule has 2 nitrogen and oxygen atoms in total. The number of rotatable bonds is 3. The first-order valence-electron chi connectivity index (χ1n) is 7.10. The van der Waals surface area contributed by atoms with Crippen LogP contribution in [0.5, 0.6) is 0 Å². The lowest BCUT2D eigenvalue weighted by molar-refractivity contribution is 0.631. The Bertz CT molecular complexity index is 876. The number of aromatic nitrogens is 1. The molecular weight excluding hydrogens is 285 g/mol. The highest BCUT2D eigenvalue weighted by atomic mass is 32.1. The number of thiazole rings is 1. The van der Waals surface area contributed by atoms with Crippen LogP contribution in [0, 0.1) is 11.7 Å². The third-order valence-corrected chi connectivity index (χ3v) is 4.93. The molecule has 1 aromatic heterocycles. The number of halogens is 1. The molecule has 0 spiro atoms. The number of hydrogen-bond donors (Lipinski definition) is 0. The van der Waals surface area contributed by atoms with Gasteiger partial charge in [0.2, 0.25) is 0 Å². The van der Waals surface area contributed by atoms with E-state index in [0.717, 1.165) is 22.3 Å². The van der Waals surface area contributed by atoms with E-state index in [2.05, 4.69) is 0 Å². The second-order valence-corrected chi connectivity index (χ2v) is 6.58. The van der Waals surface area contributed by atoms with Crippen molar-refractivity contribution in [3.63, 3.8) is 0 Å². The zero-order valence-corrected chi connectivity index (χ0v) is 12.2. The molecule has 0 radical (unpaired) electrons. The SMILES string of the molecule is O=c1sc2cc(-c3ccccc3F)ccc2n1CC1CC1. The Balaban J connectivity index is 1.84. The van der Waals surface area contributed by atoms with Gasteiger partial charge in [0.05, 0.1) is 10.2 Å². The Hall–Kier alpha value is -1.94. The van der Waals surface area contributed by atoms with Crippen molar-refractivity contribution in [2.24, 2.45) is 5.92 Å². The molecule has 21 heavy (non-hydrogen) atoms. The zero-order valence-electron chi connectivity index (χ0n) is 11.4. The molecule has 4 rings (SSSR count). The van der Waals surface area contributed by atoms with Gasteiger partial charge in [-0.05, 0) is 42.5 Å². The zero-order chi connectivity index (χ0) is 14.4. The fourth-order valence-corrected chi connectivity index (χ4v) is 3.60. The maximum atomic E-state index is 13.9. The fourth-order valence-electron chi connectivity index (χ4n) is 2.66. The molecule has 0 bridgehead atoms. The van der Waals surface area contributed by atoms with Crippen molar-refractivity contribution in [3.8, 4) is 11.1 Å². The lowest BCUT2D eigenvalue weighted by Gasteiger charge is -2.05. The van der Waals surface area contributed by atoms with Crippen LogP contribution in [0.15, 0.2) is 47.3 Å². The van der Waals surface area contributed by atoms with Crippen molar-refractivity contribution in [2.45, 2.75) is 19.4 Å². The fraction of sp³-hybridized carbons (Fsp3) is 0.235. The van der Waals surface area contributed by atoms with Gasteiger partial charge in [-0.25, -0.2) is 4.39 Å². The van der Waals surface area contributed by atoms with Crippen LogP contribution in [0.3, 0.4) is 0 Å². The number of nitrogens with zero attached hydrogens (tertiary/aromatic N) is 1. The summed E-state index contributed by atoms with van der Waals surface area (Å²) in [6, 6.07) is 12.5. The molecule has 0 aliphatic heterocycles. The lowest BCUT2D eigenvalue weighted by Crippen LogP contribution is -2.13. The van der Waals surface area contributed by atoms with E-state index in [0.29, 0.717) is 11.5 Å². The van der Waals surface area contributed by atoms with Gasteiger partial charge in [-0.15, -0.1) is 0 Å². The van der Waals surface area contributed by atoms with E-state index in [4.69, 9.17) is 0 Å². The molecule has 4 heteroatoms. The first-order valence-corrected chi connectivity index (χ1v) is 7.92. The van der Waals surface area contributed by atoms with Gasteiger partial charge in [0.15, 0.2) is 0 Å². The molecule has 1 aliphatic carbocycles. The van der Waals surface area contributed by atoms with Crippen LogP contribution in [0.1, 0.15) is 12.8 Å². The first kappa shape index (κ1) is 12.8. The van der Waals surface area contributed by atoms with E-state index >= 15 is 0 Å². The summed E-state index contributed by atoms with van der Waals surface area (Å²) in [6.07, 6.45) is 2.44. The predicted octanol–water partition coefficient (Wildman–Crippen LogP) is 4.28. The average molecular weight is 299 g/mol. The van der Waals surface area contributed by atoms with Crippen LogP contribution in [-0.4, -0.2) is 4.57 Å². The summed E-state index contributed by atoms with van der Waals surface area (Å²) < 4.78 is 16.7. The average Bonchev–Trinajstić information content (AvgIpc) is 3.24. The van der Waals surface area contributed by atoms with Gasteiger partial charge in [0, 0.05) is 12.1 Å². The van der Waals surface area contributed by atoms with Gasteiger partial charge in [-0.3, -0.25) is 9.36 Å². The molecule has 0 atom stereocenters. The van der Waals surface area contributed by atoms with E-state index in [9.17, 15) is 9.18 Å². The third kappa shape index (κ3) is 2.29. The van der Waals surface area contributed by atoms with Gasteiger partial charge < -0.3 is 0 Å². The molecule has 0 N–H and O–H groups in total. The molecule has 0 amide bonds. The minimum atomic E-state index is -0.235. The van der Waals surface area contributed by atoms with Gasteiger partial charge in [-0.1, -0.05) is 35.6 Å². The minimum absolute atomic E-state index is 0.0857. The molecule has 1 saturated carbocycles. The van der Waals surface area contributed by atoms with Gasteiger partial charge in [0.25, 0.3) is 0 Å². The lowest BCUT2D eigenvalue weighted by atomic mass is 10.1. The molecule has 106 valence electrons. The minimum Gasteiger partial charge on any atom is -0.298 e. The Morgan fingerprint density at radius 2 is 2.00 bits per heavy atom. The van der Waals surface area contributed by atoms with Gasteiger partial charge in [0.1, 0.15) is 5.82 Å².